The number of rotatable bonds is 6. The Morgan fingerprint density at radius 1 is 1.13 bits per heavy atom. The van der Waals surface area contributed by atoms with E-state index in [1.54, 1.807) is 6.07 Å². The number of nitrogens with zero attached hydrogens (tertiary/aromatic N) is 4. The topological polar surface area (TPSA) is 59.0 Å². The van der Waals surface area contributed by atoms with Crippen LogP contribution in [0.2, 0.25) is 0 Å². The number of carbonyl (C=O) groups is 1. The molecule has 0 aliphatic carbocycles. The van der Waals surface area contributed by atoms with Crippen LogP contribution in [0.5, 0.6) is 0 Å². The minimum atomic E-state index is 0.0355. The fourth-order valence-corrected chi connectivity index (χ4v) is 3.83. The molecule has 4 rings (SSSR count). The van der Waals surface area contributed by atoms with Gasteiger partial charge in [0.1, 0.15) is 17.3 Å². The van der Waals surface area contributed by atoms with Gasteiger partial charge in [0.25, 0.3) is 0 Å². The summed E-state index contributed by atoms with van der Waals surface area (Å²) in [7, 11) is 0. The second-order valence-electron chi connectivity index (χ2n) is 7.97. The van der Waals surface area contributed by atoms with Crippen molar-refractivity contribution in [2.45, 2.75) is 44.9 Å². The van der Waals surface area contributed by atoms with Crippen LogP contribution in [0.25, 0.3) is 0 Å². The Labute approximate surface area is 183 Å². The number of thiol groups is 1. The van der Waals surface area contributed by atoms with Gasteiger partial charge in [-0.25, -0.2) is 15.0 Å². The first-order valence-corrected chi connectivity index (χ1v) is 11.0. The van der Waals surface area contributed by atoms with E-state index in [-0.39, 0.29) is 5.78 Å². The van der Waals surface area contributed by atoms with Gasteiger partial charge in [-0.3, -0.25) is 4.79 Å². The van der Waals surface area contributed by atoms with Crippen LogP contribution in [0.15, 0.2) is 48.7 Å². The zero-order valence-electron chi connectivity index (χ0n) is 17.4. The summed E-state index contributed by atoms with van der Waals surface area (Å²) < 4.78 is 0. The van der Waals surface area contributed by atoms with Gasteiger partial charge < -0.3 is 4.90 Å². The lowest BCUT2D eigenvalue weighted by atomic mass is 9.99. The number of pyridine rings is 1. The predicted molar refractivity (Wildman–Crippen MR) is 122 cm³/mol. The zero-order valence-corrected chi connectivity index (χ0v) is 18.3. The van der Waals surface area contributed by atoms with E-state index in [0.29, 0.717) is 30.3 Å². The lowest BCUT2D eigenvalue weighted by molar-refractivity contribution is 0.0988. The van der Waals surface area contributed by atoms with E-state index in [1.807, 2.05) is 30.5 Å². The SMILES string of the molecule is CC(C)c1ccc(CC(=O)c2cccc(N3CCc4nc(CS)ncc4C3)n2)cc1. The van der Waals surface area contributed by atoms with Crippen LogP contribution in [-0.2, 0) is 25.1 Å². The van der Waals surface area contributed by atoms with Gasteiger partial charge in [0.15, 0.2) is 5.78 Å². The Hall–Kier alpha value is -2.73. The molecular weight excluding hydrogens is 392 g/mol. The second kappa shape index (κ2) is 8.96. The van der Waals surface area contributed by atoms with Crippen LogP contribution in [0, 0.1) is 0 Å². The number of benzene rings is 1. The maximum Gasteiger partial charge on any atom is 0.185 e. The number of fused-ring (bicyclic) bond motifs is 1. The molecular formula is C24H26N4OS. The van der Waals surface area contributed by atoms with Crippen LogP contribution in [0.3, 0.4) is 0 Å². The molecule has 5 nitrogen and oxygen atoms in total. The monoisotopic (exact) mass is 418 g/mol. The van der Waals surface area contributed by atoms with E-state index in [9.17, 15) is 4.79 Å². The summed E-state index contributed by atoms with van der Waals surface area (Å²) in [5.41, 5.74) is 4.99. The summed E-state index contributed by atoms with van der Waals surface area (Å²) in [4.78, 5) is 28.6. The average Bonchev–Trinajstić information content (AvgIpc) is 2.78. The molecule has 0 saturated heterocycles. The molecule has 0 bridgehead atoms. The maximum atomic E-state index is 12.8. The quantitative estimate of drug-likeness (QED) is 0.475. The Morgan fingerprint density at radius 3 is 2.67 bits per heavy atom. The van der Waals surface area contributed by atoms with Crippen molar-refractivity contribution in [1.29, 1.82) is 0 Å². The van der Waals surface area contributed by atoms with Gasteiger partial charge in [0, 0.05) is 37.7 Å². The lowest BCUT2D eigenvalue weighted by Gasteiger charge is -2.29. The number of anilines is 1. The Bertz CT molecular complexity index is 1050. The Balaban J connectivity index is 1.47. The third kappa shape index (κ3) is 4.54. The standard InChI is InChI=1S/C24H26N4OS/c1-16(2)18-8-6-17(7-9-18)12-22(29)21-4-3-5-24(27-21)28-11-10-20-19(14-28)13-25-23(15-30)26-20/h3-9,13,16,30H,10-12,14-15H2,1-2H3. The number of hydrogen-bond acceptors (Lipinski definition) is 6. The van der Waals surface area contributed by atoms with Crippen molar-refractivity contribution in [2.24, 2.45) is 0 Å². The maximum absolute atomic E-state index is 12.8. The van der Waals surface area contributed by atoms with Crippen molar-refractivity contribution in [1.82, 2.24) is 15.0 Å². The molecule has 1 aromatic carbocycles. The number of Topliss-reactive ketones (excluding diaryl/α,β-unsaturated/α-hetero) is 1. The van der Waals surface area contributed by atoms with Crippen molar-refractivity contribution in [3.05, 3.63) is 82.6 Å². The van der Waals surface area contributed by atoms with Crippen LogP contribution in [0.4, 0.5) is 5.82 Å². The third-order valence-corrected chi connectivity index (χ3v) is 5.76. The predicted octanol–water partition coefficient (Wildman–Crippen LogP) is 4.41. The van der Waals surface area contributed by atoms with Gasteiger partial charge in [-0.15, -0.1) is 0 Å². The number of aromatic nitrogens is 3. The third-order valence-electron chi connectivity index (χ3n) is 5.48. The van der Waals surface area contributed by atoms with E-state index in [2.05, 4.69) is 58.5 Å². The molecule has 0 amide bonds. The molecule has 0 fully saturated rings. The molecule has 154 valence electrons. The van der Waals surface area contributed by atoms with Crippen LogP contribution in [0.1, 0.15) is 58.5 Å². The van der Waals surface area contributed by atoms with E-state index >= 15 is 0 Å². The molecule has 0 atom stereocenters. The summed E-state index contributed by atoms with van der Waals surface area (Å²) in [5, 5.41) is 0. The summed E-state index contributed by atoms with van der Waals surface area (Å²) >= 11 is 4.26. The van der Waals surface area contributed by atoms with E-state index < -0.39 is 0 Å². The zero-order chi connectivity index (χ0) is 21.1. The van der Waals surface area contributed by atoms with Crippen molar-refractivity contribution < 1.29 is 4.79 Å². The molecule has 1 aliphatic rings. The molecule has 0 radical (unpaired) electrons. The fourth-order valence-electron chi connectivity index (χ4n) is 3.68. The first kappa shape index (κ1) is 20.5. The molecule has 3 aromatic rings. The molecule has 0 unspecified atom stereocenters. The van der Waals surface area contributed by atoms with E-state index in [4.69, 9.17) is 0 Å². The van der Waals surface area contributed by atoms with Crippen LogP contribution < -0.4 is 4.90 Å². The minimum absolute atomic E-state index is 0.0355. The van der Waals surface area contributed by atoms with Crippen molar-refractivity contribution in [3.8, 4) is 0 Å². The molecule has 1 aliphatic heterocycles. The van der Waals surface area contributed by atoms with Gasteiger partial charge in [0.2, 0.25) is 0 Å². The smallest absolute Gasteiger partial charge is 0.185 e. The van der Waals surface area contributed by atoms with Gasteiger partial charge in [-0.2, -0.15) is 12.6 Å². The molecule has 2 aromatic heterocycles. The van der Waals surface area contributed by atoms with Gasteiger partial charge >= 0.3 is 0 Å². The highest BCUT2D eigenvalue weighted by Gasteiger charge is 2.20. The Morgan fingerprint density at radius 2 is 1.93 bits per heavy atom. The molecule has 0 spiro atoms. The second-order valence-corrected chi connectivity index (χ2v) is 8.28. The molecule has 0 saturated carbocycles. The normalized spacial score (nSPS) is 13.4. The van der Waals surface area contributed by atoms with Crippen molar-refractivity contribution in [2.75, 3.05) is 11.4 Å². The van der Waals surface area contributed by atoms with E-state index in [0.717, 1.165) is 41.4 Å². The van der Waals surface area contributed by atoms with Gasteiger partial charge in [0.05, 0.1) is 11.4 Å². The highest BCUT2D eigenvalue weighted by atomic mass is 32.1. The first-order chi connectivity index (χ1) is 14.5. The summed E-state index contributed by atoms with van der Waals surface area (Å²) in [5.74, 6) is 2.65. The summed E-state index contributed by atoms with van der Waals surface area (Å²) in [6.45, 7) is 5.85. The minimum Gasteiger partial charge on any atom is -0.352 e. The van der Waals surface area contributed by atoms with Gasteiger partial charge in [-0.1, -0.05) is 44.2 Å². The Kier molecular flexibility index (Phi) is 6.13. The largest absolute Gasteiger partial charge is 0.352 e. The van der Waals surface area contributed by atoms with Crippen LogP contribution >= 0.6 is 12.6 Å². The number of carbonyl (C=O) groups excluding carboxylic acids is 1. The first-order valence-electron chi connectivity index (χ1n) is 10.3. The summed E-state index contributed by atoms with van der Waals surface area (Å²) in [6.07, 6.45) is 3.08. The number of hydrogen-bond donors (Lipinski definition) is 1. The molecule has 3 heterocycles. The molecule has 30 heavy (non-hydrogen) atoms. The number of ketones is 1. The average molecular weight is 419 g/mol. The lowest BCUT2D eigenvalue weighted by Crippen LogP contribution is -2.32. The van der Waals surface area contributed by atoms with Crippen LogP contribution in [-0.4, -0.2) is 27.3 Å². The van der Waals surface area contributed by atoms with Crippen molar-refractivity contribution >= 4 is 24.2 Å². The highest BCUT2D eigenvalue weighted by Crippen LogP contribution is 2.23. The van der Waals surface area contributed by atoms with Crippen molar-refractivity contribution in [3.63, 3.8) is 0 Å². The fraction of sp³-hybridized carbons (Fsp3) is 0.333. The summed E-state index contributed by atoms with van der Waals surface area (Å²) in [6, 6.07) is 14.0. The molecule has 0 N–H and O–H groups in total. The van der Waals surface area contributed by atoms with E-state index in [1.165, 1.54) is 5.56 Å². The molecule has 6 heteroatoms. The highest BCUT2D eigenvalue weighted by molar-refractivity contribution is 7.79. The van der Waals surface area contributed by atoms with Gasteiger partial charge in [-0.05, 0) is 29.2 Å².